The summed E-state index contributed by atoms with van der Waals surface area (Å²) in [7, 11) is 0. The van der Waals surface area contributed by atoms with Crippen molar-refractivity contribution in [2.75, 3.05) is 18.5 Å². The molecule has 1 atom stereocenters. The third kappa shape index (κ3) is 3.54. The van der Waals surface area contributed by atoms with Crippen LogP contribution in [0, 0.1) is 11.3 Å². The van der Waals surface area contributed by atoms with Crippen LogP contribution in [0.3, 0.4) is 0 Å². The van der Waals surface area contributed by atoms with Crippen LogP contribution in [0.4, 0.5) is 5.00 Å². The number of esters is 1. The van der Waals surface area contributed by atoms with Gasteiger partial charge in [-0.3, -0.25) is 4.79 Å². The molecule has 1 fully saturated rings. The molecule has 6 nitrogen and oxygen atoms in total. The lowest BCUT2D eigenvalue weighted by molar-refractivity contribution is -0.156. The number of carbonyl (C=O) groups is 2. The van der Waals surface area contributed by atoms with Crippen molar-refractivity contribution in [3.05, 3.63) is 16.0 Å². The highest BCUT2D eigenvalue weighted by Crippen LogP contribution is 2.37. The number of nitriles is 1. The number of thiophene rings is 1. The van der Waals surface area contributed by atoms with Gasteiger partial charge in [-0.15, -0.1) is 11.3 Å². The van der Waals surface area contributed by atoms with E-state index in [1.54, 1.807) is 0 Å². The van der Waals surface area contributed by atoms with Crippen molar-refractivity contribution < 1.29 is 19.1 Å². The molecular formula is C16H18N2O4S. The van der Waals surface area contributed by atoms with Crippen LogP contribution in [-0.4, -0.2) is 31.2 Å². The van der Waals surface area contributed by atoms with Crippen LogP contribution >= 0.6 is 11.3 Å². The number of hydrogen-bond donors (Lipinski definition) is 1. The Bertz CT molecular complexity index is 656. The summed E-state index contributed by atoms with van der Waals surface area (Å²) in [5, 5.41) is 12.6. The maximum Gasteiger partial charge on any atom is 0.335 e. The fourth-order valence-electron chi connectivity index (χ4n) is 2.93. The van der Waals surface area contributed by atoms with E-state index in [1.165, 1.54) is 16.2 Å². The molecule has 1 amide bonds. The van der Waals surface area contributed by atoms with E-state index in [9.17, 15) is 14.9 Å². The van der Waals surface area contributed by atoms with Gasteiger partial charge in [0.15, 0.2) is 12.7 Å². The maximum atomic E-state index is 12.0. The molecule has 7 heteroatoms. The zero-order chi connectivity index (χ0) is 16.2. The Hall–Kier alpha value is -1.91. The lowest BCUT2D eigenvalue weighted by atomic mass is 9.96. The zero-order valence-electron chi connectivity index (χ0n) is 12.7. The third-order valence-electron chi connectivity index (χ3n) is 4.07. The van der Waals surface area contributed by atoms with Crippen molar-refractivity contribution in [1.82, 2.24) is 0 Å². The smallest absolute Gasteiger partial charge is 0.335 e. The summed E-state index contributed by atoms with van der Waals surface area (Å²) in [6.45, 7) is 0.199. The van der Waals surface area contributed by atoms with Crippen LogP contribution in [0.1, 0.15) is 41.7 Å². The van der Waals surface area contributed by atoms with Crippen molar-refractivity contribution in [1.29, 1.82) is 5.26 Å². The summed E-state index contributed by atoms with van der Waals surface area (Å²) in [5.74, 6) is -0.921. The maximum absolute atomic E-state index is 12.0. The van der Waals surface area contributed by atoms with E-state index in [-0.39, 0.29) is 6.61 Å². The van der Waals surface area contributed by atoms with Crippen molar-refractivity contribution in [2.45, 2.75) is 44.6 Å². The van der Waals surface area contributed by atoms with Crippen molar-refractivity contribution in [2.24, 2.45) is 0 Å². The number of hydrogen-bond acceptors (Lipinski definition) is 6. The highest BCUT2D eigenvalue weighted by Gasteiger charge is 2.26. The molecule has 1 aromatic heterocycles. The SMILES string of the molecule is N#Cc1c(NC(=O)COC(=O)[C@@H]2CCCO2)sc2c1CCCC2. The summed E-state index contributed by atoms with van der Waals surface area (Å²) >= 11 is 1.45. The Morgan fingerprint density at radius 1 is 1.35 bits per heavy atom. The molecule has 2 aliphatic rings. The minimum absolute atomic E-state index is 0.355. The summed E-state index contributed by atoms with van der Waals surface area (Å²) < 4.78 is 10.2. The van der Waals surface area contributed by atoms with Gasteiger partial charge in [0.25, 0.3) is 5.91 Å². The van der Waals surface area contributed by atoms with Gasteiger partial charge in [-0.25, -0.2) is 4.79 Å². The van der Waals surface area contributed by atoms with E-state index in [0.717, 1.165) is 37.7 Å². The topological polar surface area (TPSA) is 88.4 Å². The average Bonchev–Trinajstić information content (AvgIpc) is 3.19. The van der Waals surface area contributed by atoms with Gasteiger partial charge in [0.05, 0.1) is 5.56 Å². The molecule has 0 bridgehead atoms. The molecule has 1 N–H and O–H groups in total. The van der Waals surface area contributed by atoms with E-state index >= 15 is 0 Å². The van der Waals surface area contributed by atoms with Crippen LogP contribution in [0.5, 0.6) is 0 Å². The molecule has 0 radical (unpaired) electrons. The predicted molar refractivity (Wildman–Crippen MR) is 84.2 cm³/mol. The Morgan fingerprint density at radius 2 is 2.17 bits per heavy atom. The minimum Gasteiger partial charge on any atom is -0.454 e. The van der Waals surface area contributed by atoms with Crippen molar-refractivity contribution in [3.63, 3.8) is 0 Å². The van der Waals surface area contributed by atoms with Crippen molar-refractivity contribution in [3.8, 4) is 6.07 Å². The fourth-order valence-corrected chi connectivity index (χ4v) is 4.18. The van der Waals surface area contributed by atoms with Crippen LogP contribution in [0.25, 0.3) is 0 Å². The molecule has 3 rings (SSSR count). The van der Waals surface area contributed by atoms with E-state index in [4.69, 9.17) is 9.47 Å². The number of fused-ring (bicyclic) bond motifs is 1. The first kappa shape index (κ1) is 16.0. The highest BCUT2D eigenvalue weighted by molar-refractivity contribution is 7.16. The molecule has 1 aromatic rings. The number of amides is 1. The summed E-state index contributed by atoms with van der Waals surface area (Å²) in [6, 6.07) is 2.19. The number of carbonyl (C=O) groups excluding carboxylic acids is 2. The number of nitrogens with zero attached hydrogens (tertiary/aromatic N) is 1. The molecular weight excluding hydrogens is 316 g/mol. The molecule has 0 saturated carbocycles. The van der Waals surface area contributed by atoms with Gasteiger partial charge in [-0.05, 0) is 44.1 Å². The molecule has 122 valence electrons. The molecule has 1 aliphatic carbocycles. The second-order valence-electron chi connectivity index (χ2n) is 5.68. The second kappa shape index (κ2) is 7.11. The van der Waals surface area contributed by atoms with Gasteiger partial charge in [0.2, 0.25) is 0 Å². The highest BCUT2D eigenvalue weighted by atomic mass is 32.1. The molecule has 0 aromatic carbocycles. The second-order valence-corrected chi connectivity index (χ2v) is 6.79. The third-order valence-corrected chi connectivity index (χ3v) is 5.28. The summed E-state index contributed by atoms with van der Waals surface area (Å²) in [6.07, 6.45) is 4.95. The monoisotopic (exact) mass is 334 g/mol. The first-order valence-electron chi connectivity index (χ1n) is 7.81. The van der Waals surface area contributed by atoms with Crippen LogP contribution < -0.4 is 5.32 Å². The lowest BCUT2D eigenvalue weighted by Crippen LogP contribution is -2.27. The Morgan fingerprint density at radius 3 is 2.91 bits per heavy atom. The molecule has 1 aliphatic heterocycles. The van der Waals surface area contributed by atoms with Crippen LogP contribution in [-0.2, 0) is 31.9 Å². The Labute approximate surface area is 138 Å². The van der Waals surface area contributed by atoms with E-state index in [2.05, 4.69) is 11.4 Å². The quantitative estimate of drug-likeness (QED) is 0.853. The summed E-state index contributed by atoms with van der Waals surface area (Å²) in [4.78, 5) is 24.9. The van der Waals surface area contributed by atoms with Gasteiger partial charge < -0.3 is 14.8 Å². The van der Waals surface area contributed by atoms with Crippen LogP contribution in [0.15, 0.2) is 0 Å². The normalized spacial score (nSPS) is 19.7. The van der Waals surface area contributed by atoms with Gasteiger partial charge in [-0.2, -0.15) is 5.26 Å². The number of nitrogens with one attached hydrogen (secondary N) is 1. The fraction of sp³-hybridized carbons (Fsp3) is 0.562. The van der Waals surface area contributed by atoms with Gasteiger partial charge in [0, 0.05) is 11.5 Å². The zero-order valence-corrected chi connectivity index (χ0v) is 13.5. The van der Waals surface area contributed by atoms with Crippen LogP contribution in [0.2, 0.25) is 0 Å². The van der Waals surface area contributed by atoms with Crippen molar-refractivity contribution >= 4 is 28.2 Å². The minimum atomic E-state index is -0.550. The number of ether oxygens (including phenoxy) is 2. The molecule has 2 heterocycles. The number of rotatable bonds is 4. The Kier molecular flexibility index (Phi) is 4.94. The lowest BCUT2D eigenvalue weighted by Gasteiger charge is -2.10. The van der Waals surface area contributed by atoms with E-state index in [0.29, 0.717) is 23.6 Å². The van der Waals surface area contributed by atoms with E-state index < -0.39 is 18.0 Å². The largest absolute Gasteiger partial charge is 0.454 e. The van der Waals surface area contributed by atoms with Gasteiger partial charge >= 0.3 is 5.97 Å². The number of aryl methyl sites for hydroxylation is 1. The first-order valence-corrected chi connectivity index (χ1v) is 8.63. The van der Waals surface area contributed by atoms with Gasteiger partial charge in [-0.1, -0.05) is 0 Å². The molecule has 0 spiro atoms. The molecule has 0 unspecified atom stereocenters. The van der Waals surface area contributed by atoms with Gasteiger partial charge in [0.1, 0.15) is 11.1 Å². The molecule has 1 saturated heterocycles. The number of anilines is 1. The predicted octanol–water partition coefficient (Wildman–Crippen LogP) is 2.16. The Balaban J connectivity index is 1.58. The van der Waals surface area contributed by atoms with E-state index in [1.807, 2.05) is 0 Å². The molecule has 23 heavy (non-hydrogen) atoms. The standard InChI is InChI=1S/C16H18N2O4S/c17-8-11-10-4-1-2-6-13(10)23-15(11)18-14(19)9-22-16(20)12-5-3-7-21-12/h12H,1-7,9H2,(H,18,19)/t12-/m0/s1. The first-order chi connectivity index (χ1) is 11.2. The average molecular weight is 334 g/mol. The summed E-state index contributed by atoms with van der Waals surface area (Å²) in [5.41, 5.74) is 1.62.